The zero-order valence-electron chi connectivity index (χ0n) is 28.9. The molecule has 10 rings (SSSR count). The van der Waals surface area contributed by atoms with Gasteiger partial charge in [-0.1, -0.05) is 109 Å². The number of nitrogens with zero attached hydrogens (tertiary/aromatic N) is 2. The molecule has 3 heterocycles. The van der Waals surface area contributed by atoms with Gasteiger partial charge in [-0.15, -0.1) is 0 Å². The van der Waals surface area contributed by atoms with Gasteiger partial charge in [-0.25, -0.2) is 0 Å². The van der Waals surface area contributed by atoms with Crippen molar-refractivity contribution in [2.75, 3.05) is 4.90 Å². The van der Waals surface area contributed by atoms with Gasteiger partial charge in [0.2, 0.25) is 0 Å². The SMILES string of the molecule is [2H]c1c([2H])c([2H])c(-c2ccc3c(oc4ccccc43)c2N(c2ccccc2)c2cc3c4ccccc4n4c5ccccc5c(c2)c34)c([2H])c1[2H]. The second-order valence-corrected chi connectivity index (χ2v) is 11.4. The minimum absolute atomic E-state index is 0.113. The summed E-state index contributed by atoms with van der Waals surface area (Å²) >= 11 is 0. The number of hydrogen-bond acceptors (Lipinski definition) is 2. The van der Waals surface area contributed by atoms with Gasteiger partial charge in [0, 0.05) is 49.3 Å². The number of rotatable bonds is 4. The van der Waals surface area contributed by atoms with Crippen LogP contribution >= 0.6 is 0 Å². The summed E-state index contributed by atoms with van der Waals surface area (Å²) < 4.78 is 52.6. The van der Waals surface area contributed by atoms with Gasteiger partial charge in [0.05, 0.1) is 29.1 Å². The van der Waals surface area contributed by atoms with Crippen LogP contribution in [0, 0.1) is 0 Å². The Balaban J connectivity index is 1.40. The van der Waals surface area contributed by atoms with Crippen LogP contribution in [0.15, 0.2) is 162 Å². The van der Waals surface area contributed by atoms with E-state index in [1.165, 1.54) is 0 Å². The fourth-order valence-electron chi connectivity index (χ4n) is 7.13. The molecule has 0 amide bonds. The fourth-order valence-corrected chi connectivity index (χ4v) is 7.13. The molecule has 0 spiro atoms. The maximum Gasteiger partial charge on any atom is 0.160 e. The molecule has 3 nitrogen and oxygen atoms in total. The Hall–Kier alpha value is -6.06. The first kappa shape index (κ1) is 20.0. The Bertz CT molecular complexity index is 2890. The molecule has 3 aromatic heterocycles. The Morgan fingerprint density at radius 3 is 1.87 bits per heavy atom. The van der Waals surface area contributed by atoms with E-state index in [4.69, 9.17) is 11.3 Å². The van der Waals surface area contributed by atoms with Crippen molar-refractivity contribution < 1.29 is 11.3 Å². The normalized spacial score (nSPS) is 13.6. The van der Waals surface area contributed by atoms with E-state index in [1.54, 1.807) is 0 Å². The van der Waals surface area contributed by atoms with Crippen LogP contribution < -0.4 is 4.90 Å². The second kappa shape index (κ2) is 9.22. The van der Waals surface area contributed by atoms with E-state index in [0.717, 1.165) is 60.2 Å². The van der Waals surface area contributed by atoms with Crippen molar-refractivity contribution in [3.63, 3.8) is 0 Å². The van der Waals surface area contributed by atoms with Crippen molar-refractivity contribution in [2.45, 2.75) is 0 Å². The van der Waals surface area contributed by atoms with Crippen LogP contribution in [0.4, 0.5) is 17.1 Å². The highest BCUT2D eigenvalue weighted by Crippen LogP contribution is 2.49. The Morgan fingerprint density at radius 2 is 1.16 bits per heavy atom. The van der Waals surface area contributed by atoms with Crippen molar-refractivity contribution in [1.82, 2.24) is 4.40 Å². The minimum Gasteiger partial charge on any atom is -0.454 e. The van der Waals surface area contributed by atoms with Crippen molar-refractivity contribution in [3.05, 3.63) is 158 Å². The molecular formula is C42H26N2O. The van der Waals surface area contributed by atoms with Crippen molar-refractivity contribution in [2.24, 2.45) is 0 Å². The molecule has 0 aliphatic rings. The summed E-state index contributed by atoms with van der Waals surface area (Å²) in [4.78, 5) is 2.11. The molecule has 7 aromatic carbocycles. The van der Waals surface area contributed by atoms with E-state index >= 15 is 0 Å². The summed E-state index contributed by atoms with van der Waals surface area (Å²) in [5.74, 6) is 0. The van der Waals surface area contributed by atoms with Crippen molar-refractivity contribution in [1.29, 1.82) is 0 Å². The summed E-state index contributed by atoms with van der Waals surface area (Å²) in [6, 6.07) is 41.1. The molecule has 45 heavy (non-hydrogen) atoms. The van der Waals surface area contributed by atoms with Gasteiger partial charge in [0.15, 0.2) is 5.58 Å². The van der Waals surface area contributed by atoms with E-state index in [0.29, 0.717) is 22.4 Å². The first-order valence-corrected chi connectivity index (χ1v) is 15.0. The van der Waals surface area contributed by atoms with Crippen LogP contribution in [-0.2, 0) is 0 Å². The average molecular weight is 580 g/mol. The highest BCUT2D eigenvalue weighted by atomic mass is 16.3. The van der Waals surface area contributed by atoms with Gasteiger partial charge < -0.3 is 13.7 Å². The molecule has 0 saturated carbocycles. The van der Waals surface area contributed by atoms with E-state index in [-0.39, 0.29) is 29.7 Å². The van der Waals surface area contributed by atoms with Gasteiger partial charge in [-0.05, 0) is 54.1 Å². The number of anilines is 3. The number of hydrogen-bond donors (Lipinski definition) is 0. The molecule has 0 bridgehead atoms. The molecule has 0 saturated heterocycles. The Labute approximate surface area is 266 Å². The van der Waals surface area contributed by atoms with Crippen molar-refractivity contribution in [3.8, 4) is 11.1 Å². The molecule has 0 aliphatic carbocycles. The standard InChI is InChI=1S/C42H26N2O/c1-3-13-27(14-4-1)30-23-24-34-33-19-9-12-22-39(33)45-42(34)41(30)43(28-15-5-2-6-16-28)29-25-35-31-17-7-10-20-37(31)44-38-21-11-8-18-32(38)36(26-29)40(35)44/h1-26H/i1D,3D,4D,13D,14D. The molecule has 3 heteroatoms. The van der Waals surface area contributed by atoms with Crippen LogP contribution in [0.2, 0.25) is 0 Å². The molecule has 10 aromatic rings. The third-order valence-electron chi connectivity index (χ3n) is 8.97. The molecule has 0 fully saturated rings. The first-order valence-electron chi connectivity index (χ1n) is 17.5. The van der Waals surface area contributed by atoms with Crippen LogP contribution in [0.3, 0.4) is 0 Å². The molecule has 210 valence electrons. The van der Waals surface area contributed by atoms with Crippen molar-refractivity contribution >= 4 is 77.1 Å². The van der Waals surface area contributed by atoms with Crippen LogP contribution in [0.1, 0.15) is 6.85 Å². The number of furan rings is 1. The molecule has 0 radical (unpaired) electrons. The molecule has 0 atom stereocenters. The lowest BCUT2D eigenvalue weighted by Crippen LogP contribution is -2.11. The van der Waals surface area contributed by atoms with Gasteiger partial charge in [0.1, 0.15) is 5.58 Å². The summed E-state index contributed by atoms with van der Waals surface area (Å²) in [7, 11) is 0. The van der Waals surface area contributed by atoms with Gasteiger partial charge >= 0.3 is 0 Å². The maximum atomic E-state index is 9.04. The lowest BCUT2D eigenvalue weighted by atomic mass is 9.98. The summed E-state index contributed by atoms with van der Waals surface area (Å²) in [6.45, 7) is 0. The third kappa shape index (κ3) is 3.41. The average Bonchev–Trinajstić information content (AvgIpc) is 3.81. The summed E-state index contributed by atoms with van der Waals surface area (Å²) in [5.41, 5.74) is 7.48. The predicted octanol–water partition coefficient (Wildman–Crippen LogP) is 11.9. The van der Waals surface area contributed by atoms with Gasteiger partial charge in [-0.3, -0.25) is 0 Å². The third-order valence-corrected chi connectivity index (χ3v) is 8.97. The highest BCUT2D eigenvalue weighted by Gasteiger charge is 2.26. The molecule has 0 aliphatic heterocycles. The quantitative estimate of drug-likeness (QED) is 0.207. The predicted molar refractivity (Wildman–Crippen MR) is 188 cm³/mol. The van der Waals surface area contributed by atoms with Gasteiger partial charge in [-0.2, -0.15) is 0 Å². The first-order chi connectivity index (χ1) is 24.4. The lowest BCUT2D eigenvalue weighted by Gasteiger charge is -2.28. The maximum absolute atomic E-state index is 9.04. The lowest BCUT2D eigenvalue weighted by molar-refractivity contribution is 0.669. The second-order valence-electron chi connectivity index (χ2n) is 11.4. The molecular weight excluding hydrogens is 548 g/mol. The molecule has 0 N–H and O–H groups in total. The summed E-state index contributed by atoms with van der Waals surface area (Å²) in [5, 5.41) is 6.22. The van der Waals surface area contributed by atoms with E-state index in [9.17, 15) is 0 Å². The topological polar surface area (TPSA) is 20.8 Å². The number of para-hydroxylation sites is 4. The van der Waals surface area contributed by atoms with Gasteiger partial charge in [0.25, 0.3) is 0 Å². The Morgan fingerprint density at radius 1 is 0.533 bits per heavy atom. The number of aromatic nitrogens is 1. The van der Waals surface area contributed by atoms with Crippen LogP contribution in [0.25, 0.3) is 71.2 Å². The van der Waals surface area contributed by atoms with Crippen LogP contribution in [0.5, 0.6) is 0 Å². The zero-order valence-corrected chi connectivity index (χ0v) is 23.9. The van der Waals surface area contributed by atoms with E-state index in [2.05, 4.69) is 70.0 Å². The summed E-state index contributed by atoms with van der Waals surface area (Å²) in [6.07, 6.45) is 0. The van der Waals surface area contributed by atoms with Crippen LogP contribution in [-0.4, -0.2) is 4.40 Å². The minimum atomic E-state index is -0.432. The smallest absolute Gasteiger partial charge is 0.160 e. The van der Waals surface area contributed by atoms with E-state index < -0.39 is 6.04 Å². The molecule has 0 unspecified atom stereocenters. The zero-order chi connectivity index (χ0) is 33.8. The Kier molecular flexibility index (Phi) is 4.10. The highest BCUT2D eigenvalue weighted by molar-refractivity contribution is 6.25. The largest absolute Gasteiger partial charge is 0.454 e. The monoisotopic (exact) mass is 579 g/mol. The van der Waals surface area contributed by atoms with E-state index in [1.807, 2.05) is 66.7 Å². The fraction of sp³-hybridized carbons (Fsp3) is 0. The number of benzene rings is 7. The number of fused-ring (bicyclic) bond motifs is 9.